The van der Waals surface area contributed by atoms with E-state index < -0.39 is 17.5 Å². The van der Waals surface area contributed by atoms with Crippen molar-refractivity contribution in [2.75, 3.05) is 11.9 Å². The molecule has 1 heterocycles. The van der Waals surface area contributed by atoms with E-state index in [2.05, 4.69) is 10.6 Å². The Hall–Kier alpha value is -2.59. The molecule has 1 saturated carbocycles. The predicted octanol–water partition coefficient (Wildman–Crippen LogP) is 2.79. The standard InChI is InChI=1S/C18H19ClN4O3/c19-14-9-13(6-5-12(14)10-20)21-15(24)11-23-16(25)18(22-17(23)26)7-3-1-2-4-8-18/h5-6,9H,1-4,7-8,11H2,(H,21,24)(H,22,26). The summed E-state index contributed by atoms with van der Waals surface area (Å²) in [4.78, 5) is 38.3. The van der Waals surface area contributed by atoms with E-state index in [-0.39, 0.29) is 17.5 Å². The number of carbonyl (C=O) groups excluding carboxylic acids is 3. The van der Waals surface area contributed by atoms with E-state index in [9.17, 15) is 14.4 Å². The summed E-state index contributed by atoms with van der Waals surface area (Å²) in [5.74, 6) is -0.822. The van der Waals surface area contributed by atoms with Crippen molar-refractivity contribution < 1.29 is 14.4 Å². The first-order valence-electron chi connectivity index (χ1n) is 8.59. The summed E-state index contributed by atoms with van der Waals surface area (Å²) in [6, 6.07) is 5.90. The van der Waals surface area contributed by atoms with E-state index in [1.807, 2.05) is 6.07 Å². The van der Waals surface area contributed by atoms with Crippen molar-refractivity contribution in [3.05, 3.63) is 28.8 Å². The third-order valence-electron chi connectivity index (χ3n) is 4.88. The van der Waals surface area contributed by atoms with Crippen LogP contribution in [0.15, 0.2) is 18.2 Å². The molecule has 2 N–H and O–H groups in total. The van der Waals surface area contributed by atoms with Gasteiger partial charge in [0, 0.05) is 5.69 Å². The number of nitriles is 1. The number of carbonyl (C=O) groups is 3. The minimum Gasteiger partial charge on any atom is -0.324 e. The molecule has 0 aromatic heterocycles. The second-order valence-corrected chi connectivity index (χ2v) is 7.08. The second kappa shape index (κ2) is 7.34. The number of nitrogens with one attached hydrogen (secondary N) is 2. The first kappa shape index (κ1) is 18.2. The lowest BCUT2D eigenvalue weighted by Gasteiger charge is -2.24. The lowest BCUT2D eigenvalue weighted by molar-refractivity contribution is -0.134. The molecule has 2 aliphatic rings. The molecule has 1 aliphatic heterocycles. The zero-order chi connectivity index (χ0) is 18.7. The van der Waals surface area contributed by atoms with Gasteiger partial charge >= 0.3 is 6.03 Å². The Labute approximate surface area is 156 Å². The zero-order valence-electron chi connectivity index (χ0n) is 14.2. The summed E-state index contributed by atoms with van der Waals surface area (Å²) >= 11 is 5.94. The molecule has 3 rings (SSSR count). The average molecular weight is 375 g/mol. The van der Waals surface area contributed by atoms with E-state index in [1.54, 1.807) is 6.07 Å². The van der Waals surface area contributed by atoms with Crippen LogP contribution in [0.4, 0.5) is 10.5 Å². The van der Waals surface area contributed by atoms with Crippen LogP contribution in [0.5, 0.6) is 0 Å². The van der Waals surface area contributed by atoms with Crippen molar-refractivity contribution in [3.63, 3.8) is 0 Å². The fourth-order valence-corrected chi connectivity index (χ4v) is 3.74. The van der Waals surface area contributed by atoms with E-state index in [0.29, 0.717) is 24.1 Å². The van der Waals surface area contributed by atoms with Crippen molar-refractivity contribution >= 4 is 35.1 Å². The third-order valence-corrected chi connectivity index (χ3v) is 5.19. The van der Waals surface area contributed by atoms with E-state index in [1.165, 1.54) is 12.1 Å². The van der Waals surface area contributed by atoms with E-state index >= 15 is 0 Å². The normalized spacial score (nSPS) is 19.0. The Morgan fingerprint density at radius 3 is 2.58 bits per heavy atom. The predicted molar refractivity (Wildman–Crippen MR) is 95.5 cm³/mol. The monoisotopic (exact) mass is 374 g/mol. The van der Waals surface area contributed by atoms with Crippen LogP contribution in [0.2, 0.25) is 5.02 Å². The van der Waals surface area contributed by atoms with Crippen LogP contribution in [0, 0.1) is 11.3 Å². The lowest BCUT2D eigenvalue weighted by Crippen LogP contribution is -2.47. The Morgan fingerprint density at radius 2 is 1.96 bits per heavy atom. The number of halogens is 1. The van der Waals surface area contributed by atoms with Gasteiger partial charge in [-0.15, -0.1) is 0 Å². The topological polar surface area (TPSA) is 102 Å². The lowest BCUT2D eigenvalue weighted by atomic mass is 9.90. The van der Waals surface area contributed by atoms with Gasteiger partial charge in [-0.05, 0) is 31.0 Å². The minimum absolute atomic E-state index is 0.220. The highest BCUT2D eigenvalue weighted by molar-refractivity contribution is 6.32. The molecule has 1 saturated heterocycles. The van der Waals surface area contributed by atoms with Crippen LogP contribution < -0.4 is 10.6 Å². The Balaban J connectivity index is 1.67. The molecule has 0 bridgehead atoms. The number of anilines is 1. The molecule has 4 amide bonds. The van der Waals surface area contributed by atoms with Gasteiger partial charge in [-0.1, -0.05) is 37.3 Å². The van der Waals surface area contributed by atoms with Crippen molar-refractivity contribution in [1.82, 2.24) is 10.2 Å². The summed E-state index contributed by atoms with van der Waals surface area (Å²) in [7, 11) is 0. The molecule has 1 aromatic carbocycles. The molecule has 2 fully saturated rings. The number of hydrogen-bond donors (Lipinski definition) is 2. The summed E-state index contributed by atoms with van der Waals surface area (Å²) in [6.45, 7) is -0.357. The molecular formula is C18H19ClN4O3. The van der Waals surface area contributed by atoms with Gasteiger partial charge in [-0.2, -0.15) is 5.26 Å². The number of rotatable bonds is 3. The number of benzene rings is 1. The van der Waals surface area contributed by atoms with Crippen molar-refractivity contribution in [3.8, 4) is 6.07 Å². The Kier molecular flexibility index (Phi) is 5.14. The van der Waals surface area contributed by atoms with Crippen LogP contribution in [-0.4, -0.2) is 34.8 Å². The summed E-state index contributed by atoms with van der Waals surface area (Å²) in [6.07, 6.45) is 5.09. The molecule has 26 heavy (non-hydrogen) atoms. The maximum atomic E-state index is 12.8. The molecule has 7 nitrogen and oxygen atoms in total. The first-order chi connectivity index (χ1) is 12.4. The van der Waals surface area contributed by atoms with Gasteiger partial charge in [-0.25, -0.2) is 4.79 Å². The van der Waals surface area contributed by atoms with Crippen LogP contribution >= 0.6 is 11.6 Å². The Morgan fingerprint density at radius 1 is 1.27 bits per heavy atom. The third kappa shape index (κ3) is 3.51. The van der Waals surface area contributed by atoms with Gasteiger partial charge in [0.05, 0.1) is 10.6 Å². The average Bonchev–Trinajstić information content (AvgIpc) is 2.77. The molecule has 0 radical (unpaired) electrons. The van der Waals surface area contributed by atoms with E-state index in [0.717, 1.165) is 30.6 Å². The highest BCUT2D eigenvalue weighted by Gasteiger charge is 2.51. The second-order valence-electron chi connectivity index (χ2n) is 6.67. The van der Waals surface area contributed by atoms with Gasteiger partial charge in [0.15, 0.2) is 0 Å². The smallest absolute Gasteiger partial charge is 0.324 e. The fraction of sp³-hybridized carbons (Fsp3) is 0.444. The quantitative estimate of drug-likeness (QED) is 0.794. The molecule has 8 heteroatoms. The highest BCUT2D eigenvalue weighted by Crippen LogP contribution is 2.32. The number of amides is 4. The molecule has 136 valence electrons. The molecule has 0 atom stereocenters. The van der Waals surface area contributed by atoms with Gasteiger partial charge in [0.2, 0.25) is 5.91 Å². The van der Waals surface area contributed by atoms with Crippen LogP contribution in [0.25, 0.3) is 0 Å². The van der Waals surface area contributed by atoms with Crippen molar-refractivity contribution in [2.45, 2.75) is 44.1 Å². The molecule has 1 spiro atoms. The molecular weight excluding hydrogens is 356 g/mol. The van der Waals surface area contributed by atoms with Gasteiger partial charge < -0.3 is 10.6 Å². The summed E-state index contributed by atoms with van der Waals surface area (Å²) in [5.41, 5.74) is -0.157. The summed E-state index contributed by atoms with van der Waals surface area (Å²) in [5, 5.41) is 14.5. The molecule has 1 aromatic rings. The van der Waals surface area contributed by atoms with Gasteiger partial charge in [0.25, 0.3) is 5.91 Å². The number of hydrogen-bond acceptors (Lipinski definition) is 4. The minimum atomic E-state index is -0.856. The van der Waals surface area contributed by atoms with Crippen molar-refractivity contribution in [2.24, 2.45) is 0 Å². The fourth-order valence-electron chi connectivity index (χ4n) is 3.52. The van der Waals surface area contributed by atoms with Crippen molar-refractivity contribution in [1.29, 1.82) is 5.26 Å². The zero-order valence-corrected chi connectivity index (χ0v) is 14.9. The molecule has 1 aliphatic carbocycles. The van der Waals surface area contributed by atoms with Gasteiger partial charge in [0.1, 0.15) is 18.2 Å². The summed E-state index contributed by atoms with van der Waals surface area (Å²) < 4.78 is 0. The maximum absolute atomic E-state index is 12.8. The van der Waals surface area contributed by atoms with Crippen LogP contribution in [-0.2, 0) is 9.59 Å². The molecule has 0 unspecified atom stereocenters. The maximum Gasteiger partial charge on any atom is 0.325 e. The van der Waals surface area contributed by atoms with Crippen LogP contribution in [0.1, 0.15) is 44.1 Å². The van der Waals surface area contributed by atoms with Gasteiger partial charge in [-0.3, -0.25) is 14.5 Å². The van der Waals surface area contributed by atoms with Crippen LogP contribution in [0.3, 0.4) is 0 Å². The number of urea groups is 1. The highest BCUT2D eigenvalue weighted by atomic mass is 35.5. The largest absolute Gasteiger partial charge is 0.325 e. The Bertz CT molecular complexity index is 794. The van der Waals surface area contributed by atoms with E-state index in [4.69, 9.17) is 16.9 Å². The number of nitrogens with zero attached hydrogens (tertiary/aromatic N) is 2. The SMILES string of the molecule is N#Cc1ccc(NC(=O)CN2C(=O)NC3(CCCCCC3)C2=O)cc1Cl. The number of imide groups is 1. The first-order valence-corrected chi connectivity index (χ1v) is 8.97.